The van der Waals surface area contributed by atoms with E-state index in [-0.39, 0.29) is 4.90 Å². The van der Waals surface area contributed by atoms with Crippen molar-refractivity contribution >= 4 is 21.4 Å². The van der Waals surface area contributed by atoms with Crippen LogP contribution in [0.25, 0.3) is 0 Å². The van der Waals surface area contributed by atoms with Gasteiger partial charge >= 0.3 is 0 Å². The maximum atomic E-state index is 12.3. The van der Waals surface area contributed by atoms with Crippen LogP contribution in [-0.4, -0.2) is 28.7 Å². The highest BCUT2D eigenvalue weighted by atomic mass is 32.2. The fourth-order valence-corrected chi connectivity index (χ4v) is 3.59. The summed E-state index contributed by atoms with van der Waals surface area (Å²) in [6, 6.07) is 22.7. The molecule has 0 atom stereocenters. The van der Waals surface area contributed by atoms with E-state index < -0.39 is 10.0 Å². The lowest BCUT2D eigenvalue weighted by Gasteiger charge is -2.11. The van der Waals surface area contributed by atoms with Crippen molar-refractivity contribution in [1.29, 1.82) is 0 Å². The first-order valence-electron chi connectivity index (χ1n) is 8.75. The zero-order chi connectivity index (χ0) is 19.8. The summed E-state index contributed by atoms with van der Waals surface area (Å²) in [5.74, 6) is 1.56. The molecule has 146 valence electrons. The molecule has 6 nitrogen and oxygen atoms in total. The van der Waals surface area contributed by atoms with E-state index >= 15 is 0 Å². The molecule has 3 aromatic carbocycles. The second kappa shape index (κ2) is 9.14. The van der Waals surface area contributed by atoms with Crippen molar-refractivity contribution in [2.75, 3.05) is 30.3 Å². The molecule has 0 amide bonds. The van der Waals surface area contributed by atoms with Gasteiger partial charge < -0.3 is 14.8 Å². The van der Waals surface area contributed by atoms with Crippen molar-refractivity contribution in [3.8, 4) is 11.5 Å². The zero-order valence-electron chi connectivity index (χ0n) is 15.5. The molecule has 0 spiro atoms. The Balaban J connectivity index is 1.47. The van der Waals surface area contributed by atoms with Crippen LogP contribution in [0.1, 0.15) is 0 Å². The minimum atomic E-state index is -3.58. The lowest BCUT2D eigenvalue weighted by Crippen LogP contribution is -2.13. The minimum Gasteiger partial charge on any atom is -0.497 e. The van der Waals surface area contributed by atoms with Gasteiger partial charge in [0.05, 0.1) is 12.0 Å². The fraction of sp³-hybridized carbons (Fsp3) is 0.143. The van der Waals surface area contributed by atoms with Crippen molar-refractivity contribution in [3.63, 3.8) is 0 Å². The largest absolute Gasteiger partial charge is 0.497 e. The molecule has 0 saturated carbocycles. The van der Waals surface area contributed by atoms with E-state index in [9.17, 15) is 8.42 Å². The summed E-state index contributed by atoms with van der Waals surface area (Å²) in [6.07, 6.45) is 0. The van der Waals surface area contributed by atoms with Gasteiger partial charge in [0.1, 0.15) is 18.1 Å². The van der Waals surface area contributed by atoms with E-state index in [2.05, 4.69) is 10.0 Å². The normalized spacial score (nSPS) is 10.9. The molecule has 0 unspecified atom stereocenters. The van der Waals surface area contributed by atoms with Gasteiger partial charge in [-0.1, -0.05) is 18.2 Å². The predicted octanol–water partition coefficient (Wildman–Crippen LogP) is 3.99. The molecule has 0 bridgehead atoms. The molecular weight excluding hydrogens is 376 g/mol. The average molecular weight is 398 g/mol. The number of hydrogen-bond donors (Lipinski definition) is 2. The Morgan fingerprint density at radius 2 is 1.39 bits per heavy atom. The molecular formula is C21H22N2O4S. The van der Waals surface area contributed by atoms with E-state index in [0.717, 1.165) is 17.2 Å². The number of benzene rings is 3. The standard InChI is InChI=1S/C21H22N2O4S/c1-26-19-11-13-20(14-12-19)27-16-15-22-17-7-9-18(10-8-17)23-28(24,25)21-5-3-2-4-6-21/h2-14,22-23H,15-16H2,1H3. The topological polar surface area (TPSA) is 76.7 Å². The first-order chi connectivity index (χ1) is 13.6. The Hall–Kier alpha value is -3.19. The highest BCUT2D eigenvalue weighted by Crippen LogP contribution is 2.19. The smallest absolute Gasteiger partial charge is 0.261 e. The van der Waals surface area contributed by atoms with Crippen LogP contribution < -0.4 is 19.5 Å². The number of methoxy groups -OCH3 is 1. The third kappa shape index (κ3) is 5.40. The molecule has 28 heavy (non-hydrogen) atoms. The monoisotopic (exact) mass is 398 g/mol. The number of nitrogens with one attached hydrogen (secondary N) is 2. The van der Waals surface area contributed by atoms with Crippen molar-refractivity contribution in [2.45, 2.75) is 4.90 Å². The Bertz CT molecular complexity index is 973. The van der Waals surface area contributed by atoms with Crippen LogP contribution >= 0.6 is 0 Å². The molecule has 7 heteroatoms. The van der Waals surface area contributed by atoms with Crippen molar-refractivity contribution in [3.05, 3.63) is 78.9 Å². The molecule has 0 saturated heterocycles. The number of anilines is 2. The maximum absolute atomic E-state index is 12.3. The van der Waals surface area contributed by atoms with Gasteiger partial charge in [0.25, 0.3) is 10.0 Å². The lowest BCUT2D eigenvalue weighted by atomic mass is 10.3. The van der Waals surface area contributed by atoms with Crippen molar-refractivity contribution in [2.24, 2.45) is 0 Å². The Labute approximate surface area is 165 Å². The Morgan fingerprint density at radius 1 is 0.786 bits per heavy atom. The highest BCUT2D eigenvalue weighted by Gasteiger charge is 2.13. The first-order valence-corrected chi connectivity index (χ1v) is 10.2. The third-order valence-electron chi connectivity index (χ3n) is 3.95. The van der Waals surface area contributed by atoms with Gasteiger partial charge in [-0.15, -0.1) is 0 Å². The summed E-state index contributed by atoms with van der Waals surface area (Å²) in [7, 11) is -1.96. The van der Waals surface area contributed by atoms with Gasteiger partial charge in [-0.25, -0.2) is 8.42 Å². The fourth-order valence-electron chi connectivity index (χ4n) is 2.51. The first kappa shape index (κ1) is 19.6. The summed E-state index contributed by atoms with van der Waals surface area (Å²) in [5.41, 5.74) is 1.38. The van der Waals surface area contributed by atoms with E-state index in [1.54, 1.807) is 49.6 Å². The quantitative estimate of drug-likeness (QED) is 0.533. The van der Waals surface area contributed by atoms with Crippen LogP contribution in [0.3, 0.4) is 0 Å². The maximum Gasteiger partial charge on any atom is 0.261 e. The average Bonchev–Trinajstić information content (AvgIpc) is 2.73. The van der Waals surface area contributed by atoms with E-state index in [1.807, 2.05) is 36.4 Å². The number of hydrogen-bond acceptors (Lipinski definition) is 5. The van der Waals surface area contributed by atoms with Crippen LogP contribution in [0.4, 0.5) is 11.4 Å². The Kier molecular flexibility index (Phi) is 6.39. The van der Waals surface area contributed by atoms with Gasteiger partial charge in [0, 0.05) is 17.9 Å². The second-order valence-corrected chi connectivity index (χ2v) is 7.63. The molecule has 0 aliphatic rings. The van der Waals surface area contributed by atoms with E-state index in [4.69, 9.17) is 9.47 Å². The van der Waals surface area contributed by atoms with Gasteiger partial charge in [-0.3, -0.25) is 4.72 Å². The van der Waals surface area contributed by atoms with E-state index in [0.29, 0.717) is 18.8 Å². The van der Waals surface area contributed by atoms with Gasteiger partial charge in [0.15, 0.2) is 0 Å². The van der Waals surface area contributed by atoms with Crippen LogP contribution in [-0.2, 0) is 10.0 Å². The van der Waals surface area contributed by atoms with Crippen molar-refractivity contribution in [1.82, 2.24) is 0 Å². The summed E-state index contributed by atoms with van der Waals surface area (Å²) < 4.78 is 38.0. The summed E-state index contributed by atoms with van der Waals surface area (Å²) >= 11 is 0. The SMILES string of the molecule is COc1ccc(OCCNc2ccc(NS(=O)(=O)c3ccccc3)cc2)cc1. The number of rotatable bonds is 9. The van der Waals surface area contributed by atoms with Crippen LogP contribution in [0.5, 0.6) is 11.5 Å². The van der Waals surface area contributed by atoms with E-state index in [1.165, 1.54) is 0 Å². The second-order valence-electron chi connectivity index (χ2n) is 5.95. The summed E-state index contributed by atoms with van der Waals surface area (Å²) in [5, 5.41) is 3.23. The molecule has 2 N–H and O–H groups in total. The van der Waals surface area contributed by atoms with Gasteiger partial charge in [-0.2, -0.15) is 0 Å². The van der Waals surface area contributed by atoms with Crippen LogP contribution in [0.2, 0.25) is 0 Å². The minimum absolute atomic E-state index is 0.230. The molecule has 3 rings (SSSR count). The molecule has 0 aliphatic heterocycles. The molecule has 0 aromatic heterocycles. The molecule has 0 radical (unpaired) electrons. The number of sulfonamides is 1. The summed E-state index contributed by atoms with van der Waals surface area (Å²) in [4.78, 5) is 0.230. The predicted molar refractivity (Wildman–Crippen MR) is 111 cm³/mol. The summed E-state index contributed by atoms with van der Waals surface area (Å²) in [6.45, 7) is 1.11. The lowest BCUT2D eigenvalue weighted by molar-refractivity contribution is 0.332. The zero-order valence-corrected chi connectivity index (χ0v) is 16.3. The molecule has 0 fully saturated rings. The molecule has 0 heterocycles. The van der Waals surface area contributed by atoms with Gasteiger partial charge in [-0.05, 0) is 60.7 Å². The van der Waals surface area contributed by atoms with Crippen LogP contribution in [0, 0.1) is 0 Å². The number of ether oxygens (including phenoxy) is 2. The molecule has 0 aliphatic carbocycles. The third-order valence-corrected chi connectivity index (χ3v) is 5.35. The van der Waals surface area contributed by atoms with Crippen molar-refractivity contribution < 1.29 is 17.9 Å². The van der Waals surface area contributed by atoms with Gasteiger partial charge in [0.2, 0.25) is 0 Å². The Morgan fingerprint density at radius 3 is 2.04 bits per heavy atom. The highest BCUT2D eigenvalue weighted by molar-refractivity contribution is 7.92. The van der Waals surface area contributed by atoms with Crippen LogP contribution in [0.15, 0.2) is 83.8 Å². The molecule has 3 aromatic rings.